The monoisotopic (exact) mass is 464 g/mol. The topological polar surface area (TPSA) is 82.9 Å². The third-order valence-corrected chi connectivity index (χ3v) is 6.12. The van der Waals surface area contributed by atoms with E-state index in [2.05, 4.69) is 20.8 Å². The van der Waals surface area contributed by atoms with Gasteiger partial charge in [-0.25, -0.2) is 4.39 Å². The van der Waals surface area contributed by atoms with Crippen LogP contribution < -0.4 is 10.6 Å². The SMILES string of the molecule is CCC(=O)C(CCc1ccc(C)c(F)c1NC)NC(=O)C1=NN=C(Cc2ccccc2)CCC1. The molecule has 2 aromatic carbocycles. The maximum atomic E-state index is 14.4. The van der Waals surface area contributed by atoms with Crippen molar-refractivity contribution in [2.45, 2.75) is 64.8 Å². The van der Waals surface area contributed by atoms with Crippen molar-refractivity contribution in [3.63, 3.8) is 0 Å². The molecule has 0 radical (unpaired) electrons. The first-order valence-corrected chi connectivity index (χ1v) is 11.9. The standard InChI is InChI=1S/C27H33FN4O2/c1-4-24(33)22(16-15-20-14-13-18(2)25(28)26(20)29-3)30-27(34)23-12-8-11-21(31-32-23)17-19-9-6-5-7-10-19/h5-7,9-10,13-14,22,29H,4,8,11-12,15-17H2,1-3H3,(H,30,34). The fourth-order valence-electron chi connectivity index (χ4n) is 4.11. The van der Waals surface area contributed by atoms with Gasteiger partial charge in [0, 0.05) is 25.6 Å². The van der Waals surface area contributed by atoms with E-state index in [-0.39, 0.29) is 17.5 Å². The summed E-state index contributed by atoms with van der Waals surface area (Å²) in [5.74, 6) is -0.714. The Labute approximate surface area is 200 Å². The Hall–Kier alpha value is -3.35. The van der Waals surface area contributed by atoms with Crippen LogP contribution in [-0.2, 0) is 22.4 Å². The molecule has 1 unspecified atom stereocenters. The van der Waals surface area contributed by atoms with Gasteiger partial charge in [0.15, 0.2) is 5.78 Å². The first kappa shape index (κ1) is 25.3. The summed E-state index contributed by atoms with van der Waals surface area (Å²) < 4.78 is 14.4. The number of nitrogens with one attached hydrogen (secondary N) is 2. The lowest BCUT2D eigenvalue weighted by Crippen LogP contribution is -2.44. The Bertz CT molecular complexity index is 1080. The van der Waals surface area contributed by atoms with Crippen molar-refractivity contribution < 1.29 is 14.0 Å². The summed E-state index contributed by atoms with van der Waals surface area (Å²) in [6.07, 6.45) is 3.90. The summed E-state index contributed by atoms with van der Waals surface area (Å²) in [5.41, 5.74) is 4.20. The first-order chi connectivity index (χ1) is 16.4. The average Bonchev–Trinajstić information content (AvgIpc) is 3.09. The molecule has 1 aliphatic heterocycles. The molecule has 6 nitrogen and oxygen atoms in total. The first-order valence-electron chi connectivity index (χ1n) is 11.9. The Morgan fingerprint density at radius 3 is 2.56 bits per heavy atom. The fraction of sp³-hybridized carbons (Fsp3) is 0.407. The molecule has 180 valence electrons. The number of carbonyl (C=O) groups excluding carboxylic acids is 2. The Morgan fingerprint density at radius 2 is 1.85 bits per heavy atom. The van der Waals surface area contributed by atoms with E-state index in [4.69, 9.17) is 0 Å². The Morgan fingerprint density at radius 1 is 1.09 bits per heavy atom. The molecule has 34 heavy (non-hydrogen) atoms. The minimum Gasteiger partial charge on any atom is -0.386 e. The number of amides is 1. The smallest absolute Gasteiger partial charge is 0.268 e. The van der Waals surface area contributed by atoms with Crippen molar-refractivity contribution in [3.8, 4) is 0 Å². The van der Waals surface area contributed by atoms with Gasteiger partial charge in [-0.2, -0.15) is 5.10 Å². The van der Waals surface area contributed by atoms with Gasteiger partial charge in [-0.3, -0.25) is 9.59 Å². The summed E-state index contributed by atoms with van der Waals surface area (Å²) >= 11 is 0. The van der Waals surface area contributed by atoms with Crippen molar-refractivity contribution in [2.75, 3.05) is 12.4 Å². The van der Waals surface area contributed by atoms with Crippen molar-refractivity contribution >= 4 is 28.8 Å². The number of hydrogen-bond acceptors (Lipinski definition) is 5. The number of rotatable bonds is 10. The molecule has 0 saturated heterocycles. The predicted molar refractivity (Wildman–Crippen MR) is 135 cm³/mol. The maximum absolute atomic E-state index is 14.4. The fourth-order valence-corrected chi connectivity index (χ4v) is 4.11. The number of nitrogens with zero attached hydrogens (tertiary/aromatic N) is 2. The van der Waals surface area contributed by atoms with Crippen LogP contribution in [0.1, 0.15) is 55.7 Å². The second-order valence-electron chi connectivity index (χ2n) is 8.59. The lowest BCUT2D eigenvalue weighted by molar-refractivity contribution is -0.125. The molecule has 1 atom stereocenters. The second kappa shape index (κ2) is 12.2. The Kier molecular flexibility index (Phi) is 9.08. The number of Topliss-reactive ketones (excluding diaryl/α,β-unsaturated/α-hetero) is 1. The summed E-state index contributed by atoms with van der Waals surface area (Å²) in [4.78, 5) is 25.5. The summed E-state index contributed by atoms with van der Waals surface area (Å²) in [7, 11) is 1.68. The van der Waals surface area contributed by atoms with Gasteiger partial charge >= 0.3 is 0 Å². The zero-order valence-corrected chi connectivity index (χ0v) is 20.2. The third-order valence-electron chi connectivity index (χ3n) is 6.12. The molecule has 1 heterocycles. The van der Waals surface area contributed by atoms with Crippen LogP contribution in [0.5, 0.6) is 0 Å². The van der Waals surface area contributed by atoms with E-state index >= 15 is 0 Å². The van der Waals surface area contributed by atoms with Gasteiger partial charge < -0.3 is 10.6 Å². The van der Waals surface area contributed by atoms with E-state index in [1.807, 2.05) is 36.4 Å². The number of anilines is 1. The molecule has 1 aliphatic rings. The zero-order valence-electron chi connectivity index (χ0n) is 20.2. The number of carbonyl (C=O) groups is 2. The molecule has 0 aromatic heterocycles. The highest BCUT2D eigenvalue weighted by Gasteiger charge is 2.23. The molecular weight excluding hydrogens is 431 g/mol. The summed E-state index contributed by atoms with van der Waals surface area (Å²) in [6.45, 7) is 3.49. The van der Waals surface area contributed by atoms with E-state index in [1.54, 1.807) is 27.0 Å². The number of halogens is 1. The lowest BCUT2D eigenvalue weighted by Gasteiger charge is -2.19. The summed E-state index contributed by atoms with van der Waals surface area (Å²) in [6, 6.07) is 13.0. The van der Waals surface area contributed by atoms with Crippen LogP contribution in [0.2, 0.25) is 0 Å². The van der Waals surface area contributed by atoms with Crippen LogP contribution >= 0.6 is 0 Å². The van der Waals surface area contributed by atoms with Gasteiger partial charge in [0.2, 0.25) is 0 Å². The second-order valence-corrected chi connectivity index (χ2v) is 8.59. The van der Waals surface area contributed by atoms with E-state index in [0.717, 1.165) is 29.7 Å². The molecule has 0 aliphatic carbocycles. The zero-order chi connectivity index (χ0) is 24.5. The van der Waals surface area contributed by atoms with Gasteiger partial charge in [-0.1, -0.05) is 49.4 Å². The van der Waals surface area contributed by atoms with E-state index in [0.29, 0.717) is 49.1 Å². The van der Waals surface area contributed by atoms with Crippen molar-refractivity contribution in [3.05, 3.63) is 65.0 Å². The normalized spacial score (nSPS) is 14.5. The van der Waals surface area contributed by atoms with Crippen LogP contribution in [0, 0.1) is 12.7 Å². The van der Waals surface area contributed by atoms with Crippen molar-refractivity contribution in [1.29, 1.82) is 0 Å². The quantitative estimate of drug-likeness (QED) is 0.530. The molecule has 7 heteroatoms. The highest BCUT2D eigenvalue weighted by molar-refractivity contribution is 6.39. The van der Waals surface area contributed by atoms with Gasteiger partial charge in [-0.15, -0.1) is 5.10 Å². The molecule has 1 amide bonds. The molecule has 0 saturated carbocycles. The minimum absolute atomic E-state index is 0.0607. The van der Waals surface area contributed by atoms with Gasteiger partial charge in [-0.05, 0) is 55.7 Å². The van der Waals surface area contributed by atoms with E-state index in [1.165, 1.54) is 0 Å². The van der Waals surface area contributed by atoms with E-state index in [9.17, 15) is 14.0 Å². The third kappa shape index (κ3) is 6.59. The van der Waals surface area contributed by atoms with Crippen molar-refractivity contribution in [1.82, 2.24) is 5.32 Å². The van der Waals surface area contributed by atoms with Crippen molar-refractivity contribution in [2.24, 2.45) is 10.2 Å². The number of ketones is 1. The molecule has 0 spiro atoms. The van der Waals surface area contributed by atoms with Crippen LogP contribution in [0.15, 0.2) is 52.7 Å². The van der Waals surface area contributed by atoms with Gasteiger partial charge in [0.1, 0.15) is 11.5 Å². The van der Waals surface area contributed by atoms with Crippen LogP contribution in [0.3, 0.4) is 0 Å². The minimum atomic E-state index is -0.662. The molecule has 0 bridgehead atoms. The average molecular weight is 465 g/mol. The van der Waals surface area contributed by atoms with Gasteiger partial charge in [0.05, 0.1) is 11.7 Å². The van der Waals surface area contributed by atoms with Gasteiger partial charge in [0.25, 0.3) is 5.91 Å². The number of benzene rings is 2. The lowest BCUT2D eigenvalue weighted by atomic mass is 9.98. The number of hydrogen-bond donors (Lipinski definition) is 2. The number of aryl methyl sites for hydroxylation is 2. The van der Waals surface area contributed by atoms with E-state index < -0.39 is 6.04 Å². The maximum Gasteiger partial charge on any atom is 0.268 e. The Balaban J connectivity index is 1.68. The van der Waals surface area contributed by atoms with Crippen LogP contribution in [0.25, 0.3) is 0 Å². The largest absolute Gasteiger partial charge is 0.386 e. The highest BCUT2D eigenvalue weighted by atomic mass is 19.1. The van der Waals surface area contributed by atoms with Crippen LogP contribution in [0.4, 0.5) is 10.1 Å². The highest BCUT2D eigenvalue weighted by Crippen LogP contribution is 2.24. The summed E-state index contributed by atoms with van der Waals surface area (Å²) in [5, 5.41) is 14.3. The molecule has 2 N–H and O–H groups in total. The molecule has 2 aromatic rings. The molecular formula is C27H33FN4O2. The predicted octanol–water partition coefficient (Wildman–Crippen LogP) is 4.80. The molecule has 3 rings (SSSR count). The van der Waals surface area contributed by atoms with Crippen LogP contribution in [-0.4, -0.2) is 36.2 Å². The molecule has 0 fully saturated rings.